The van der Waals surface area contributed by atoms with Crippen LogP contribution >= 0.6 is 11.6 Å². The maximum Gasteiger partial charge on any atom is 0.258 e. The van der Waals surface area contributed by atoms with Crippen LogP contribution in [0.25, 0.3) is 0 Å². The number of ether oxygens (including phenoxy) is 2. The lowest BCUT2D eigenvalue weighted by atomic mass is 9.39. The normalized spacial score (nSPS) is 22.9. The Labute approximate surface area is 191 Å². The zero-order chi connectivity index (χ0) is 22.9. The van der Waals surface area contributed by atoms with Crippen molar-refractivity contribution in [3.63, 3.8) is 0 Å². The van der Waals surface area contributed by atoms with E-state index in [1.54, 1.807) is 0 Å². The fraction of sp³-hybridized carbons (Fsp3) is 0.417. The molecule has 3 aliphatic rings. The van der Waals surface area contributed by atoms with Gasteiger partial charge in [0.25, 0.3) is 5.91 Å². The number of carbonyl (C=O) groups is 2. The number of hydrogen-bond donors (Lipinski definition) is 2. The summed E-state index contributed by atoms with van der Waals surface area (Å²) in [5.74, 6) is 0.133. The Morgan fingerprint density at radius 1 is 1.03 bits per heavy atom. The maximum atomic E-state index is 13.4. The minimum atomic E-state index is -0.601. The van der Waals surface area contributed by atoms with Crippen molar-refractivity contribution in [2.75, 3.05) is 19.8 Å². The van der Waals surface area contributed by atoms with Crippen molar-refractivity contribution in [1.82, 2.24) is 10.6 Å². The summed E-state index contributed by atoms with van der Waals surface area (Å²) in [7, 11) is 0. The first-order valence-corrected chi connectivity index (χ1v) is 11.0. The van der Waals surface area contributed by atoms with Crippen LogP contribution in [0.1, 0.15) is 30.4 Å². The third-order valence-electron chi connectivity index (χ3n) is 6.31. The van der Waals surface area contributed by atoms with Gasteiger partial charge in [-0.1, -0.05) is 17.7 Å². The van der Waals surface area contributed by atoms with E-state index in [0.717, 1.165) is 11.8 Å². The molecule has 2 N–H and O–H groups in total. The molecule has 0 heterocycles. The van der Waals surface area contributed by atoms with E-state index in [9.17, 15) is 14.0 Å². The summed E-state index contributed by atoms with van der Waals surface area (Å²) >= 11 is 5.63. The highest BCUT2D eigenvalue weighted by atomic mass is 35.5. The highest BCUT2D eigenvalue weighted by molar-refractivity contribution is 6.30. The molecule has 2 amide bonds. The van der Waals surface area contributed by atoms with E-state index in [2.05, 4.69) is 10.6 Å². The number of halogens is 2. The molecule has 0 aromatic heterocycles. The van der Waals surface area contributed by atoms with Gasteiger partial charge in [-0.3, -0.25) is 9.59 Å². The second-order valence-electron chi connectivity index (χ2n) is 8.85. The third kappa shape index (κ3) is 4.53. The lowest BCUT2D eigenvalue weighted by Crippen LogP contribution is -2.78. The number of benzene rings is 2. The van der Waals surface area contributed by atoms with Crippen molar-refractivity contribution >= 4 is 23.4 Å². The van der Waals surface area contributed by atoms with Crippen LogP contribution in [0.2, 0.25) is 5.02 Å². The third-order valence-corrected chi connectivity index (χ3v) is 6.62. The molecule has 0 radical (unpaired) electrons. The first-order chi connectivity index (χ1) is 15.2. The van der Waals surface area contributed by atoms with E-state index in [0.29, 0.717) is 32.4 Å². The zero-order valence-corrected chi connectivity index (χ0v) is 18.9. The molecule has 0 unspecified atom stereocenters. The molecule has 3 saturated carbocycles. The van der Waals surface area contributed by atoms with Crippen LogP contribution < -0.4 is 20.1 Å². The molecule has 0 atom stereocenters. The Morgan fingerprint density at radius 2 is 1.72 bits per heavy atom. The van der Waals surface area contributed by atoms with E-state index in [-0.39, 0.29) is 34.7 Å². The standard InChI is InChI=1S/C24H26ClFN2O4/c1-15-3-4-17(9-16(15)2)31-8-7-27-22(30)23-12-24(13-23,14-23)28-21(29)11-32-18-5-6-19(25)20(26)10-18/h3-6,9-10H,7-8,11-14H2,1-2H3,(H,27,30)(H,28,29). The minimum Gasteiger partial charge on any atom is -0.492 e. The van der Waals surface area contributed by atoms with Crippen LogP contribution in [-0.2, 0) is 9.59 Å². The van der Waals surface area contributed by atoms with Gasteiger partial charge in [-0.2, -0.15) is 0 Å². The van der Waals surface area contributed by atoms with Crippen molar-refractivity contribution in [2.24, 2.45) is 5.41 Å². The van der Waals surface area contributed by atoms with E-state index < -0.39 is 11.2 Å². The average molecular weight is 461 g/mol. The molecule has 2 bridgehead atoms. The minimum absolute atomic E-state index is 0.00366. The first-order valence-electron chi connectivity index (χ1n) is 10.6. The first kappa shape index (κ1) is 22.4. The summed E-state index contributed by atoms with van der Waals surface area (Å²) in [4.78, 5) is 24.7. The molecule has 170 valence electrons. The van der Waals surface area contributed by atoms with Gasteiger partial charge in [0, 0.05) is 11.6 Å². The molecule has 5 rings (SSSR count). The number of nitrogens with one attached hydrogen (secondary N) is 2. The lowest BCUT2D eigenvalue weighted by Gasteiger charge is -2.69. The Balaban J connectivity index is 1.15. The number of aryl methyl sites for hydroxylation is 2. The quantitative estimate of drug-likeness (QED) is 0.559. The molecule has 8 heteroatoms. The number of carbonyl (C=O) groups excluding carboxylic acids is 2. The second kappa shape index (κ2) is 8.62. The van der Waals surface area contributed by atoms with Gasteiger partial charge in [0.05, 0.1) is 17.0 Å². The SMILES string of the molecule is Cc1ccc(OCCNC(=O)C23CC(NC(=O)COc4ccc(Cl)c(F)c4)(C2)C3)cc1C. The van der Waals surface area contributed by atoms with Crippen LogP contribution in [0.15, 0.2) is 36.4 Å². The van der Waals surface area contributed by atoms with Crippen LogP contribution in [0.4, 0.5) is 4.39 Å². The molecule has 3 fully saturated rings. The highest BCUT2D eigenvalue weighted by Crippen LogP contribution is 2.67. The summed E-state index contributed by atoms with van der Waals surface area (Å²) in [6.07, 6.45) is 1.85. The molecular weight excluding hydrogens is 435 g/mol. The van der Waals surface area contributed by atoms with Crippen molar-refractivity contribution < 1.29 is 23.5 Å². The van der Waals surface area contributed by atoms with Gasteiger partial charge >= 0.3 is 0 Å². The average Bonchev–Trinajstić information content (AvgIpc) is 2.70. The molecule has 32 heavy (non-hydrogen) atoms. The fourth-order valence-corrected chi connectivity index (χ4v) is 4.65. The number of hydrogen-bond acceptors (Lipinski definition) is 4. The van der Waals surface area contributed by atoms with E-state index in [4.69, 9.17) is 21.1 Å². The van der Waals surface area contributed by atoms with Crippen LogP contribution in [0.5, 0.6) is 11.5 Å². The predicted octanol–water partition coefficient (Wildman–Crippen LogP) is 3.71. The van der Waals surface area contributed by atoms with Gasteiger partial charge in [-0.15, -0.1) is 0 Å². The Kier molecular flexibility index (Phi) is 6.03. The highest BCUT2D eigenvalue weighted by Gasteiger charge is 2.72. The van der Waals surface area contributed by atoms with Gasteiger partial charge < -0.3 is 20.1 Å². The molecule has 0 aliphatic heterocycles. The maximum absolute atomic E-state index is 13.4. The van der Waals surface area contributed by atoms with Crippen molar-refractivity contribution in [1.29, 1.82) is 0 Å². The van der Waals surface area contributed by atoms with Crippen molar-refractivity contribution in [3.05, 3.63) is 58.4 Å². The van der Waals surface area contributed by atoms with Gasteiger partial charge in [-0.05, 0) is 68.5 Å². The summed E-state index contributed by atoms with van der Waals surface area (Å²) in [5.41, 5.74) is 1.64. The van der Waals surface area contributed by atoms with Crippen LogP contribution in [0, 0.1) is 25.1 Å². The Morgan fingerprint density at radius 3 is 2.41 bits per heavy atom. The molecule has 2 aromatic carbocycles. The molecule has 0 spiro atoms. The lowest BCUT2D eigenvalue weighted by molar-refractivity contribution is -0.184. The zero-order valence-electron chi connectivity index (χ0n) is 18.1. The van der Waals surface area contributed by atoms with Crippen molar-refractivity contribution in [2.45, 2.75) is 38.6 Å². The Bertz CT molecular complexity index is 1040. The molecular formula is C24H26ClFN2O4. The van der Waals surface area contributed by atoms with Crippen LogP contribution in [0.3, 0.4) is 0 Å². The van der Waals surface area contributed by atoms with Gasteiger partial charge in [-0.25, -0.2) is 4.39 Å². The van der Waals surface area contributed by atoms with Gasteiger partial charge in [0.2, 0.25) is 5.91 Å². The van der Waals surface area contributed by atoms with Gasteiger partial charge in [0.15, 0.2) is 6.61 Å². The monoisotopic (exact) mass is 460 g/mol. The Hall–Kier alpha value is -2.80. The summed E-state index contributed by atoms with van der Waals surface area (Å²) < 4.78 is 24.5. The predicted molar refractivity (Wildman–Crippen MR) is 118 cm³/mol. The van der Waals surface area contributed by atoms with E-state index in [1.807, 2.05) is 32.0 Å². The topological polar surface area (TPSA) is 76.7 Å². The van der Waals surface area contributed by atoms with Crippen molar-refractivity contribution in [3.8, 4) is 11.5 Å². The van der Waals surface area contributed by atoms with Gasteiger partial charge in [0.1, 0.15) is 23.9 Å². The fourth-order valence-electron chi connectivity index (χ4n) is 4.53. The van der Waals surface area contributed by atoms with E-state index >= 15 is 0 Å². The molecule has 2 aromatic rings. The molecule has 0 saturated heterocycles. The van der Waals surface area contributed by atoms with Crippen LogP contribution in [-0.4, -0.2) is 37.1 Å². The second-order valence-corrected chi connectivity index (χ2v) is 9.26. The molecule has 6 nitrogen and oxygen atoms in total. The number of rotatable bonds is 9. The largest absolute Gasteiger partial charge is 0.492 e. The molecule has 3 aliphatic carbocycles. The smallest absolute Gasteiger partial charge is 0.258 e. The summed E-state index contributed by atoms with van der Waals surface area (Å²) in [6.45, 7) is 4.68. The summed E-state index contributed by atoms with van der Waals surface area (Å²) in [5, 5.41) is 5.88. The van der Waals surface area contributed by atoms with E-state index in [1.165, 1.54) is 23.3 Å². The summed E-state index contributed by atoms with van der Waals surface area (Å²) in [6, 6.07) is 9.93. The number of amides is 2.